The zero-order valence-electron chi connectivity index (χ0n) is 16.2. The average Bonchev–Trinajstić information content (AvgIpc) is 2.73. The van der Waals surface area contributed by atoms with E-state index in [9.17, 15) is 0 Å². The lowest BCUT2D eigenvalue weighted by molar-refractivity contribution is 0.162. The van der Waals surface area contributed by atoms with Crippen molar-refractivity contribution in [1.29, 1.82) is 0 Å². The van der Waals surface area contributed by atoms with Crippen LogP contribution in [0.25, 0.3) is 0 Å². The number of unbranched alkanes of at least 4 members (excludes halogenated alkanes) is 1. The van der Waals surface area contributed by atoms with Gasteiger partial charge in [-0.3, -0.25) is 9.88 Å². The van der Waals surface area contributed by atoms with Gasteiger partial charge in [-0.1, -0.05) is 24.3 Å². The predicted octanol–water partition coefficient (Wildman–Crippen LogP) is 3.93. The highest BCUT2D eigenvalue weighted by Crippen LogP contribution is 2.34. The lowest BCUT2D eigenvalue weighted by Crippen LogP contribution is -2.42. The summed E-state index contributed by atoms with van der Waals surface area (Å²) in [7, 11) is 0. The molecule has 4 heteroatoms. The van der Waals surface area contributed by atoms with Gasteiger partial charge in [-0.25, -0.2) is 0 Å². The van der Waals surface area contributed by atoms with Crippen LogP contribution in [0, 0.1) is 0 Å². The molecule has 0 saturated carbocycles. The van der Waals surface area contributed by atoms with E-state index in [1.54, 1.807) is 0 Å². The summed E-state index contributed by atoms with van der Waals surface area (Å²) in [6.07, 6.45) is 10.2. The fraction of sp³-hybridized carbons (Fsp3) is 0.522. The summed E-state index contributed by atoms with van der Waals surface area (Å²) in [5.74, 6) is 0. The molecule has 1 aliphatic heterocycles. The first-order valence-electron chi connectivity index (χ1n) is 10.6. The van der Waals surface area contributed by atoms with Gasteiger partial charge in [-0.15, -0.1) is 0 Å². The Morgan fingerprint density at radius 3 is 2.85 bits per heavy atom. The Labute approximate surface area is 163 Å². The first-order chi connectivity index (χ1) is 13.3. The molecule has 0 fully saturated rings. The molecule has 0 spiro atoms. The van der Waals surface area contributed by atoms with Gasteiger partial charge in [0.05, 0.1) is 11.7 Å². The third-order valence-electron chi connectivity index (χ3n) is 6.10. The van der Waals surface area contributed by atoms with Crippen molar-refractivity contribution >= 4 is 5.69 Å². The Morgan fingerprint density at radius 1 is 1.04 bits per heavy atom. The monoisotopic (exact) mass is 364 g/mol. The summed E-state index contributed by atoms with van der Waals surface area (Å²) in [4.78, 5) is 7.48. The van der Waals surface area contributed by atoms with Crippen molar-refractivity contribution in [1.82, 2.24) is 9.88 Å². The quantitative estimate of drug-likeness (QED) is 0.731. The largest absolute Gasteiger partial charge is 0.381 e. The molecule has 2 aliphatic rings. The summed E-state index contributed by atoms with van der Waals surface area (Å²) in [6, 6.07) is 14.1. The van der Waals surface area contributed by atoms with Crippen LogP contribution >= 0.6 is 0 Å². The maximum absolute atomic E-state index is 5.76. The topological polar surface area (TPSA) is 54.2 Å². The average molecular weight is 365 g/mol. The van der Waals surface area contributed by atoms with E-state index in [0.717, 1.165) is 26.1 Å². The van der Waals surface area contributed by atoms with Gasteiger partial charge in [0.25, 0.3) is 0 Å². The lowest BCUT2D eigenvalue weighted by Gasteiger charge is -2.38. The zero-order valence-corrected chi connectivity index (χ0v) is 16.2. The van der Waals surface area contributed by atoms with Crippen molar-refractivity contribution in [3.8, 4) is 0 Å². The number of hydrogen-bond acceptors (Lipinski definition) is 4. The molecule has 0 bridgehead atoms. The molecule has 4 nitrogen and oxygen atoms in total. The first-order valence-corrected chi connectivity index (χ1v) is 10.6. The smallest absolute Gasteiger partial charge is 0.0607 e. The van der Waals surface area contributed by atoms with Crippen molar-refractivity contribution in [3.05, 3.63) is 59.4 Å². The predicted molar refractivity (Wildman–Crippen MR) is 112 cm³/mol. The molecule has 0 radical (unpaired) electrons. The second-order valence-electron chi connectivity index (χ2n) is 7.98. The molecule has 2 aromatic rings. The number of aryl methyl sites for hydroxylation is 2. The van der Waals surface area contributed by atoms with Gasteiger partial charge >= 0.3 is 0 Å². The summed E-state index contributed by atoms with van der Waals surface area (Å²) in [5, 5.41) is 3.79. The Balaban J connectivity index is 1.50. The van der Waals surface area contributed by atoms with E-state index < -0.39 is 0 Å². The number of nitrogens with two attached hydrogens (primary N) is 1. The molecule has 1 aromatic heterocycles. The van der Waals surface area contributed by atoms with Gasteiger partial charge < -0.3 is 11.1 Å². The van der Waals surface area contributed by atoms with Crippen LogP contribution in [-0.2, 0) is 12.8 Å². The van der Waals surface area contributed by atoms with Crippen LogP contribution in [-0.4, -0.2) is 35.6 Å². The van der Waals surface area contributed by atoms with Crippen molar-refractivity contribution in [2.75, 3.05) is 25.0 Å². The number of nitrogens with one attached hydrogen (secondary N) is 1. The van der Waals surface area contributed by atoms with E-state index in [4.69, 9.17) is 10.7 Å². The first kappa shape index (κ1) is 18.5. The van der Waals surface area contributed by atoms with Gasteiger partial charge in [0, 0.05) is 24.5 Å². The standard InChI is InChI=1S/C23H32N4/c24-14-3-4-16-27(22-11-5-8-19-9-6-15-25-23(19)22)17-20-13-12-18-7-1-2-10-21(18)26-20/h1-2,6-7,9-10,15,20,22,26H,3-5,8,11-14,16-17,24H2/t20-,22+/m1/s1. The van der Waals surface area contributed by atoms with Crippen LogP contribution in [0.3, 0.4) is 0 Å². The minimum absolute atomic E-state index is 0.451. The van der Waals surface area contributed by atoms with Gasteiger partial charge in [-0.2, -0.15) is 0 Å². The highest BCUT2D eigenvalue weighted by molar-refractivity contribution is 5.53. The number of rotatable bonds is 7. The van der Waals surface area contributed by atoms with E-state index in [0.29, 0.717) is 12.1 Å². The van der Waals surface area contributed by atoms with Crippen LogP contribution in [0.1, 0.15) is 55.0 Å². The molecule has 0 saturated heterocycles. The molecular weight excluding hydrogens is 332 g/mol. The van der Waals surface area contributed by atoms with Gasteiger partial charge in [0.2, 0.25) is 0 Å². The van der Waals surface area contributed by atoms with E-state index in [2.05, 4.69) is 46.6 Å². The summed E-state index contributed by atoms with van der Waals surface area (Å²) < 4.78 is 0. The van der Waals surface area contributed by atoms with Crippen LogP contribution in [0.2, 0.25) is 0 Å². The molecule has 0 amide bonds. The number of aromatic nitrogens is 1. The normalized spacial score (nSPS) is 21.4. The minimum atomic E-state index is 0.451. The second kappa shape index (κ2) is 8.85. The zero-order chi connectivity index (χ0) is 18.5. The molecular formula is C23H32N4. The Morgan fingerprint density at radius 2 is 1.93 bits per heavy atom. The number of anilines is 1. The van der Waals surface area contributed by atoms with E-state index in [-0.39, 0.29) is 0 Å². The summed E-state index contributed by atoms with van der Waals surface area (Å²) in [5.41, 5.74) is 11.3. The molecule has 4 rings (SSSR count). The van der Waals surface area contributed by atoms with Gasteiger partial charge in [0.15, 0.2) is 0 Å². The van der Waals surface area contributed by atoms with Crippen molar-refractivity contribution < 1.29 is 0 Å². The fourth-order valence-electron chi connectivity index (χ4n) is 4.69. The third-order valence-corrected chi connectivity index (χ3v) is 6.10. The number of para-hydroxylation sites is 1. The van der Waals surface area contributed by atoms with Crippen molar-refractivity contribution in [2.45, 2.75) is 57.0 Å². The molecule has 2 atom stereocenters. The Hall–Kier alpha value is -1.91. The van der Waals surface area contributed by atoms with E-state index in [1.807, 2.05) is 6.20 Å². The van der Waals surface area contributed by atoms with Crippen molar-refractivity contribution in [2.24, 2.45) is 5.73 Å². The number of pyridine rings is 1. The number of benzene rings is 1. The molecule has 144 valence electrons. The number of fused-ring (bicyclic) bond motifs is 2. The van der Waals surface area contributed by atoms with Gasteiger partial charge in [0.1, 0.15) is 0 Å². The third kappa shape index (κ3) is 4.33. The lowest BCUT2D eigenvalue weighted by atomic mass is 9.90. The molecule has 1 aromatic carbocycles. The van der Waals surface area contributed by atoms with Crippen LogP contribution in [0.15, 0.2) is 42.6 Å². The fourth-order valence-corrected chi connectivity index (χ4v) is 4.69. The maximum Gasteiger partial charge on any atom is 0.0607 e. The highest BCUT2D eigenvalue weighted by atomic mass is 15.2. The second-order valence-corrected chi connectivity index (χ2v) is 7.98. The maximum atomic E-state index is 5.76. The molecule has 0 unspecified atom stereocenters. The van der Waals surface area contributed by atoms with Crippen LogP contribution < -0.4 is 11.1 Å². The molecule has 3 N–H and O–H groups in total. The Bertz CT molecular complexity index is 745. The minimum Gasteiger partial charge on any atom is -0.381 e. The molecule has 27 heavy (non-hydrogen) atoms. The molecule has 2 heterocycles. The van der Waals surface area contributed by atoms with Crippen molar-refractivity contribution in [3.63, 3.8) is 0 Å². The van der Waals surface area contributed by atoms with Crippen LogP contribution in [0.4, 0.5) is 5.69 Å². The highest BCUT2D eigenvalue weighted by Gasteiger charge is 2.29. The van der Waals surface area contributed by atoms with Crippen LogP contribution in [0.5, 0.6) is 0 Å². The molecule has 1 aliphatic carbocycles. The Kier molecular flexibility index (Phi) is 6.05. The van der Waals surface area contributed by atoms with Gasteiger partial charge in [-0.05, 0) is 81.3 Å². The van der Waals surface area contributed by atoms with E-state index in [1.165, 1.54) is 61.0 Å². The van der Waals surface area contributed by atoms with E-state index >= 15 is 0 Å². The summed E-state index contributed by atoms with van der Waals surface area (Å²) >= 11 is 0. The summed E-state index contributed by atoms with van der Waals surface area (Å²) in [6.45, 7) is 2.97. The number of nitrogens with zero attached hydrogens (tertiary/aromatic N) is 2. The number of hydrogen-bond donors (Lipinski definition) is 2. The SMILES string of the molecule is NCCCCN(C[C@H]1CCc2ccccc2N1)[C@H]1CCCc2cccnc21.